The van der Waals surface area contributed by atoms with Crippen LogP contribution < -0.4 is 14.2 Å². The molecule has 9 nitrogen and oxygen atoms in total. The van der Waals surface area contributed by atoms with Gasteiger partial charge in [0.05, 0.1) is 51.8 Å². The molecule has 1 aromatic rings. The summed E-state index contributed by atoms with van der Waals surface area (Å²) in [6, 6.07) is -1.17. The lowest BCUT2D eigenvalue weighted by atomic mass is 10.1. The van der Waals surface area contributed by atoms with Crippen molar-refractivity contribution in [3.05, 3.63) is 17.7 Å². The van der Waals surface area contributed by atoms with Gasteiger partial charge < -0.3 is 38.3 Å². The molecule has 1 rings (SSSR count). The number of ether oxygens (including phenoxy) is 7. The van der Waals surface area contributed by atoms with Crippen LogP contribution in [0, 0.1) is 0 Å². The summed E-state index contributed by atoms with van der Waals surface area (Å²) in [5.41, 5.74) is -1.73. The fourth-order valence-electron chi connectivity index (χ4n) is 2.99. The standard InChI is InChI=1S/C24H22F18O9/c25-16(19(28,29)30)22(37,38)49-12-9-11(15(44)48-8-7-47-6-5-46-4-3-45-2-1-43)10-13(50-23(39,40)17(26)20(31,32)33)14(12)51-24(41,42)18(27)21(34,35)36/h9-10,16-18,43H,1-8H2. The predicted octanol–water partition coefficient (Wildman–Crippen LogP) is 6.50. The molecule has 0 bridgehead atoms. The molecule has 1 N–H and O–H groups in total. The summed E-state index contributed by atoms with van der Waals surface area (Å²) in [6.45, 7) is -2.15. The van der Waals surface area contributed by atoms with Crippen LogP contribution in [0.1, 0.15) is 10.4 Å². The summed E-state index contributed by atoms with van der Waals surface area (Å²) in [6.07, 6.45) is -55.9. The minimum Gasteiger partial charge on any atom is -0.460 e. The summed E-state index contributed by atoms with van der Waals surface area (Å²) in [5.74, 6) is -10.7. The Bertz CT molecular complexity index is 1180. The molecule has 3 unspecified atom stereocenters. The lowest BCUT2D eigenvalue weighted by molar-refractivity contribution is -0.316. The Kier molecular flexibility index (Phi) is 16.1. The molecule has 0 fully saturated rings. The Morgan fingerprint density at radius 2 is 0.843 bits per heavy atom. The maximum absolute atomic E-state index is 14.1. The van der Waals surface area contributed by atoms with Gasteiger partial charge in [0.15, 0.2) is 11.5 Å². The van der Waals surface area contributed by atoms with Crippen LogP contribution in [0.15, 0.2) is 12.1 Å². The van der Waals surface area contributed by atoms with Gasteiger partial charge in [0, 0.05) is 0 Å². The Hall–Kier alpha value is -3.33. The SMILES string of the molecule is O=C(OCCOCCOCCOCCO)c1cc(OC(F)(F)C(F)C(F)(F)F)c(OC(F)(F)C(F)C(F)(F)F)c(OC(F)(F)C(F)C(F)(F)F)c1. The van der Waals surface area contributed by atoms with Crippen molar-refractivity contribution in [3.63, 3.8) is 0 Å². The smallest absolute Gasteiger partial charge is 0.439 e. The molecule has 0 heterocycles. The third-order valence-corrected chi connectivity index (χ3v) is 5.17. The summed E-state index contributed by atoms with van der Waals surface area (Å²) >= 11 is 0. The van der Waals surface area contributed by atoms with Crippen LogP contribution in [0.3, 0.4) is 0 Å². The average Bonchev–Trinajstić information content (AvgIpc) is 2.98. The van der Waals surface area contributed by atoms with Crippen molar-refractivity contribution >= 4 is 5.97 Å². The van der Waals surface area contributed by atoms with E-state index in [-0.39, 0.29) is 39.6 Å². The largest absolute Gasteiger partial charge is 0.460 e. The summed E-state index contributed by atoms with van der Waals surface area (Å²) < 4.78 is 268. The normalized spacial score (nSPS) is 15.3. The highest BCUT2D eigenvalue weighted by Gasteiger charge is 2.63. The molecule has 298 valence electrons. The number of carbonyl (C=O) groups excluding carboxylic acids is 1. The van der Waals surface area contributed by atoms with E-state index < -0.39 is 109 Å². The highest BCUT2D eigenvalue weighted by atomic mass is 19.4. The molecule has 0 aliphatic heterocycles. The quantitative estimate of drug-likeness (QED) is 0.0850. The number of halogens is 18. The van der Waals surface area contributed by atoms with Crippen LogP contribution in [-0.4, -0.2) is 119 Å². The lowest BCUT2D eigenvalue weighted by Crippen LogP contribution is -2.47. The summed E-state index contributed by atoms with van der Waals surface area (Å²) in [4.78, 5) is 12.4. The number of rotatable bonds is 21. The number of alkyl halides is 18. The van der Waals surface area contributed by atoms with Gasteiger partial charge in [-0.3, -0.25) is 0 Å². The molecule has 1 aromatic carbocycles. The number of carbonyl (C=O) groups is 1. The highest BCUT2D eigenvalue weighted by molar-refractivity contribution is 5.91. The van der Waals surface area contributed by atoms with Crippen molar-refractivity contribution in [2.75, 3.05) is 52.9 Å². The molecule has 0 radical (unpaired) electrons. The van der Waals surface area contributed by atoms with E-state index in [0.717, 1.165) is 0 Å². The van der Waals surface area contributed by atoms with Gasteiger partial charge in [-0.2, -0.15) is 65.9 Å². The third kappa shape index (κ3) is 14.3. The Labute approximate surface area is 272 Å². The van der Waals surface area contributed by atoms with E-state index in [4.69, 9.17) is 19.3 Å². The van der Waals surface area contributed by atoms with Crippen LogP contribution in [0.4, 0.5) is 79.0 Å². The molecule has 51 heavy (non-hydrogen) atoms. The zero-order valence-electron chi connectivity index (χ0n) is 24.6. The van der Waals surface area contributed by atoms with Crippen molar-refractivity contribution in [3.8, 4) is 17.2 Å². The van der Waals surface area contributed by atoms with Crippen molar-refractivity contribution in [2.24, 2.45) is 0 Å². The van der Waals surface area contributed by atoms with E-state index in [9.17, 15) is 83.8 Å². The molecule has 0 spiro atoms. The Balaban J connectivity index is 3.61. The van der Waals surface area contributed by atoms with Crippen LogP contribution in [-0.2, 0) is 18.9 Å². The molecule has 0 saturated heterocycles. The van der Waals surface area contributed by atoms with Crippen LogP contribution >= 0.6 is 0 Å². The van der Waals surface area contributed by atoms with Gasteiger partial charge in [-0.1, -0.05) is 0 Å². The summed E-state index contributed by atoms with van der Waals surface area (Å²) in [7, 11) is 0. The first kappa shape index (κ1) is 45.7. The second-order valence-electron chi connectivity index (χ2n) is 9.20. The number of aliphatic hydroxyl groups is 1. The lowest BCUT2D eigenvalue weighted by Gasteiger charge is -2.29. The summed E-state index contributed by atoms with van der Waals surface area (Å²) in [5, 5.41) is 8.53. The molecule has 0 aromatic heterocycles. The number of esters is 1. The second kappa shape index (κ2) is 17.9. The van der Waals surface area contributed by atoms with E-state index in [0.29, 0.717) is 0 Å². The molecular formula is C24H22F18O9. The average molecular weight is 796 g/mol. The first-order chi connectivity index (χ1) is 23.1. The second-order valence-corrected chi connectivity index (χ2v) is 9.20. The first-order valence-electron chi connectivity index (χ1n) is 13.1. The van der Waals surface area contributed by atoms with Crippen LogP contribution in [0.25, 0.3) is 0 Å². The number of hydrogen-bond donors (Lipinski definition) is 1. The first-order valence-corrected chi connectivity index (χ1v) is 13.1. The predicted molar refractivity (Wildman–Crippen MR) is 126 cm³/mol. The fraction of sp³-hybridized carbons (Fsp3) is 0.708. The van der Waals surface area contributed by atoms with E-state index in [1.54, 1.807) is 0 Å². The van der Waals surface area contributed by atoms with E-state index in [2.05, 4.69) is 18.9 Å². The van der Waals surface area contributed by atoms with Gasteiger partial charge in [-0.05, 0) is 12.1 Å². The highest BCUT2D eigenvalue weighted by Crippen LogP contribution is 2.49. The van der Waals surface area contributed by atoms with Crippen molar-refractivity contribution in [1.82, 2.24) is 0 Å². The molecule has 27 heteroatoms. The maximum Gasteiger partial charge on any atom is 0.439 e. The van der Waals surface area contributed by atoms with Gasteiger partial charge in [-0.25, -0.2) is 18.0 Å². The van der Waals surface area contributed by atoms with Gasteiger partial charge in [-0.15, -0.1) is 0 Å². The maximum atomic E-state index is 14.1. The Morgan fingerprint density at radius 1 is 0.529 bits per heavy atom. The zero-order chi connectivity index (χ0) is 39.6. The van der Waals surface area contributed by atoms with Crippen molar-refractivity contribution < 1.29 is 122 Å². The molecule has 0 aliphatic rings. The number of benzene rings is 1. The van der Waals surface area contributed by atoms with Crippen LogP contribution in [0.2, 0.25) is 0 Å². The van der Waals surface area contributed by atoms with Gasteiger partial charge in [0.2, 0.25) is 5.75 Å². The van der Waals surface area contributed by atoms with Crippen molar-refractivity contribution in [2.45, 2.75) is 55.4 Å². The molecule has 3 atom stereocenters. The van der Waals surface area contributed by atoms with E-state index in [1.807, 2.05) is 0 Å². The minimum atomic E-state index is -6.67. The van der Waals surface area contributed by atoms with Gasteiger partial charge >= 0.3 is 42.8 Å². The monoisotopic (exact) mass is 796 g/mol. The zero-order valence-corrected chi connectivity index (χ0v) is 24.6. The molecule has 0 amide bonds. The van der Waals surface area contributed by atoms with E-state index in [1.165, 1.54) is 0 Å². The molecular weight excluding hydrogens is 774 g/mol. The minimum absolute atomic E-state index is 0.00352. The van der Waals surface area contributed by atoms with E-state index >= 15 is 0 Å². The van der Waals surface area contributed by atoms with Gasteiger partial charge in [0.25, 0.3) is 18.5 Å². The third-order valence-electron chi connectivity index (χ3n) is 5.17. The van der Waals surface area contributed by atoms with Gasteiger partial charge in [0.1, 0.15) is 6.61 Å². The molecule has 0 saturated carbocycles. The van der Waals surface area contributed by atoms with Crippen LogP contribution in [0.5, 0.6) is 17.2 Å². The topological polar surface area (TPSA) is 102 Å². The van der Waals surface area contributed by atoms with Crippen molar-refractivity contribution in [1.29, 1.82) is 0 Å². The number of aliphatic hydroxyl groups excluding tert-OH is 1. The Morgan fingerprint density at radius 3 is 1.18 bits per heavy atom. The fourth-order valence-corrected chi connectivity index (χ4v) is 2.99. The number of hydrogen-bond acceptors (Lipinski definition) is 9. The molecule has 0 aliphatic carbocycles.